The molecule has 0 amide bonds. The van der Waals surface area contributed by atoms with Gasteiger partial charge in [0.05, 0.1) is 6.54 Å². The van der Waals surface area contributed by atoms with Gasteiger partial charge in [-0.3, -0.25) is 4.99 Å². The first kappa shape index (κ1) is 19.8. The largest absolute Gasteiger partial charge is 0.489 e. The molecule has 0 radical (unpaired) electrons. The van der Waals surface area contributed by atoms with E-state index in [9.17, 15) is 0 Å². The van der Waals surface area contributed by atoms with Crippen molar-refractivity contribution in [3.8, 4) is 5.75 Å². The molecule has 0 aliphatic carbocycles. The third-order valence-corrected chi connectivity index (χ3v) is 3.92. The van der Waals surface area contributed by atoms with Gasteiger partial charge in [-0.15, -0.1) is 0 Å². The number of guanidine groups is 1. The molecule has 2 N–H and O–H groups in total. The second-order valence-corrected chi connectivity index (χ2v) is 6.51. The third-order valence-electron chi connectivity index (χ3n) is 3.67. The highest BCUT2D eigenvalue weighted by Gasteiger charge is 2.08. The molecule has 1 aromatic heterocycles. The van der Waals surface area contributed by atoms with E-state index in [-0.39, 0.29) is 6.10 Å². The van der Waals surface area contributed by atoms with Crippen molar-refractivity contribution in [2.45, 2.75) is 19.6 Å². The summed E-state index contributed by atoms with van der Waals surface area (Å²) in [4.78, 5) is 10.7. The average molecular weight is 376 g/mol. The Hall–Kier alpha value is -2.47. The van der Waals surface area contributed by atoms with Crippen LogP contribution in [0.4, 0.5) is 5.82 Å². The molecule has 0 aliphatic heterocycles. The summed E-state index contributed by atoms with van der Waals surface area (Å²) in [6.45, 7) is 3.25. The molecular weight excluding hydrogens is 350 g/mol. The first-order chi connectivity index (χ1) is 12.5. The van der Waals surface area contributed by atoms with Crippen LogP contribution in [0, 0.1) is 0 Å². The summed E-state index contributed by atoms with van der Waals surface area (Å²) in [7, 11) is 5.71. The van der Waals surface area contributed by atoms with Crippen molar-refractivity contribution < 1.29 is 4.74 Å². The van der Waals surface area contributed by atoms with Crippen LogP contribution >= 0.6 is 11.6 Å². The number of aromatic nitrogens is 1. The number of ether oxygens (including phenoxy) is 1. The summed E-state index contributed by atoms with van der Waals surface area (Å²) < 4.78 is 5.86. The summed E-state index contributed by atoms with van der Waals surface area (Å²) in [6.07, 6.45) is 1.77. The Morgan fingerprint density at radius 2 is 1.96 bits per heavy atom. The first-order valence-corrected chi connectivity index (χ1v) is 8.85. The lowest BCUT2D eigenvalue weighted by Crippen LogP contribution is -2.41. The monoisotopic (exact) mass is 375 g/mol. The number of rotatable bonds is 7. The number of hydrogen-bond acceptors (Lipinski definition) is 4. The summed E-state index contributed by atoms with van der Waals surface area (Å²) in [5.41, 5.74) is 1.10. The number of halogens is 1. The maximum atomic E-state index is 5.89. The minimum Gasteiger partial charge on any atom is -0.489 e. The lowest BCUT2D eigenvalue weighted by molar-refractivity contribution is 0.224. The number of nitrogens with zero attached hydrogens (tertiary/aromatic N) is 3. The van der Waals surface area contributed by atoms with Crippen LogP contribution in [0.25, 0.3) is 0 Å². The van der Waals surface area contributed by atoms with Crippen molar-refractivity contribution >= 4 is 23.4 Å². The number of aliphatic imine (C=N–C) groups is 1. The van der Waals surface area contributed by atoms with E-state index in [2.05, 4.69) is 26.7 Å². The van der Waals surface area contributed by atoms with Gasteiger partial charge in [-0.1, -0.05) is 17.7 Å². The molecule has 6 nitrogen and oxygen atoms in total. The topological polar surface area (TPSA) is 61.8 Å². The van der Waals surface area contributed by atoms with Crippen LogP contribution in [0.1, 0.15) is 12.5 Å². The van der Waals surface area contributed by atoms with Crippen molar-refractivity contribution in [1.82, 2.24) is 15.6 Å². The first-order valence-electron chi connectivity index (χ1n) is 8.47. The van der Waals surface area contributed by atoms with E-state index in [1.807, 2.05) is 56.3 Å². The van der Waals surface area contributed by atoms with E-state index in [0.717, 1.165) is 17.1 Å². The third kappa shape index (κ3) is 6.11. The molecular formula is C19H26ClN5O. The van der Waals surface area contributed by atoms with Crippen LogP contribution < -0.4 is 20.3 Å². The lowest BCUT2D eigenvalue weighted by Gasteiger charge is -2.19. The van der Waals surface area contributed by atoms with E-state index >= 15 is 0 Å². The van der Waals surface area contributed by atoms with Gasteiger partial charge in [-0.25, -0.2) is 4.98 Å². The molecule has 7 heteroatoms. The van der Waals surface area contributed by atoms with E-state index in [1.165, 1.54) is 0 Å². The smallest absolute Gasteiger partial charge is 0.191 e. The predicted molar refractivity (Wildman–Crippen MR) is 108 cm³/mol. The Bertz CT molecular complexity index is 718. The van der Waals surface area contributed by atoms with Crippen LogP contribution in [-0.4, -0.2) is 44.7 Å². The van der Waals surface area contributed by atoms with Gasteiger partial charge in [-0.05, 0) is 37.3 Å². The fourth-order valence-corrected chi connectivity index (χ4v) is 2.52. The summed E-state index contributed by atoms with van der Waals surface area (Å²) >= 11 is 5.89. The molecule has 2 aromatic rings. The quantitative estimate of drug-likeness (QED) is 0.575. The van der Waals surface area contributed by atoms with E-state index < -0.39 is 0 Å². The van der Waals surface area contributed by atoms with Gasteiger partial charge in [0.15, 0.2) is 5.96 Å². The minimum absolute atomic E-state index is 0.0227. The van der Waals surface area contributed by atoms with Crippen LogP contribution in [-0.2, 0) is 6.54 Å². The van der Waals surface area contributed by atoms with Crippen molar-refractivity contribution in [1.29, 1.82) is 0 Å². The number of nitrogens with one attached hydrogen (secondary N) is 2. The van der Waals surface area contributed by atoms with E-state index in [0.29, 0.717) is 24.1 Å². The number of hydrogen-bond donors (Lipinski definition) is 2. The lowest BCUT2D eigenvalue weighted by atomic mass is 10.2. The number of anilines is 1. The van der Waals surface area contributed by atoms with Crippen LogP contribution in [0.2, 0.25) is 5.02 Å². The summed E-state index contributed by atoms with van der Waals surface area (Å²) in [5.74, 6) is 2.44. The molecule has 1 heterocycles. The fraction of sp³-hybridized carbons (Fsp3) is 0.368. The van der Waals surface area contributed by atoms with E-state index in [4.69, 9.17) is 16.3 Å². The Morgan fingerprint density at radius 1 is 1.23 bits per heavy atom. The Kier molecular flexibility index (Phi) is 7.53. The van der Waals surface area contributed by atoms with Crippen molar-refractivity contribution in [3.05, 3.63) is 53.2 Å². The number of benzene rings is 1. The zero-order chi connectivity index (χ0) is 18.9. The standard InChI is InChI=1S/C19H26ClN5O/c1-14(26-17-9-7-16(20)8-10-17)12-23-19(21-2)24-13-15-6-5-11-22-18(15)25(3)4/h5-11,14H,12-13H2,1-4H3,(H2,21,23,24). The normalized spacial score (nSPS) is 12.4. The van der Waals surface area contributed by atoms with Crippen molar-refractivity contribution in [2.24, 2.45) is 4.99 Å². The highest BCUT2D eigenvalue weighted by molar-refractivity contribution is 6.30. The molecule has 1 atom stereocenters. The molecule has 0 saturated heterocycles. The summed E-state index contributed by atoms with van der Waals surface area (Å²) in [5, 5.41) is 7.28. The Balaban J connectivity index is 1.83. The van der Waals surface area contributed by atoms with Crippen LogP contribution in [0.5, 0.6) is 5.75 Å². The van der Waals surface area contributed by atoms with Gasteiger partial charge in [0.2, 0.25) is 0 Å². The van der Waals surface area contributed by atoms with Gasteiger partial charge in [0.25, 0.3) is 0 Å². The highest BCUT2D eigenvalue weighted by Crippen LogP contribution is 2.16. The molecule has 0 bridgehead atoms. The Morgan fingerprint density at radius 3 is 2.62 bits per heavy atom. The Labute approximate surface area is 160 Å². The van der Waals surface area contributed by atoms with Crippen LogP contribution in [0.3, 0.4) is 0 Å². The van der Waals surface area contributed by atoms with Crippen molar-refractivity contribution in [2.75, 3.05) is 32.6 Å². The van der Waals surface area contributed by atoms with Crippen molar-refractivity contribution in [3.63, 3.8) is 0 Å². The molecule has 1 aromatic carbocycles. The zero-order valence-corrected chi connectivity index (χ0v) is 16.4. The molecule has 26 heavy (non-hydrogen) atoms. The number of pyridine rings is 1. The molecule has 0 saturated carbocycles. The molecule has 140 valence electrons. The van der Waals surface area contributed by atoms with Gasteiger partial charge in [0.1, 0.15) is 17.7 Å². The molecule has 0 spiro atoms. The van der Waals surface area contributed by atoms with Gasteiger partial charge < -0.3 is 20.3 Å². The predicted octanol–water partition coefficient (Wildman–Crippen LogP) is 2.93. The minimum atomic E-state index is -0.0227. The second-order valence-electron chi connectivity index (χ2n) is 6.07. The molecule has 0 fully saturated rings. The highest BCUT2D eigenvalue weighted by atomic mass is 35.5. The van der Waals surface area contributed by atoms with Gasteiger partial charge in [0, 0.05) is 44.5 Å². The zero-order valence-electron chi connectivity index (χ0n) is 15.7. The second kappa shape index (κ2) is 9.87. The summed E-state index contributed by atoms with van der Waals surface area (Å²) in [6, 6.07) is 11.3. The van der Waals surface area contributed by atoms with Gasteiger partial charge in [-0.2, -0.15) is 0 Å². The van der Waals surface area contributed by atoms with E-state index in [1.54, 1.807) is 13.2 Å². The molecule has 1 unspecified atom stereocenters. The average Bonchev–Trinajstić information content (AvgIpc) is 2.64. The maximum Gasteiger partial charge on any atom is 0.191 e. The fourth-order valence-electron chi connectivity index (χ4n) is 2.40. The van der Waals surface area contributed by atoms with Gasteiger partial charge >= 0.3 is 0 Å². The molecule has 0 aliphatic rings. The molecule has 2 rings (SSSR count). The maximum absolute atomic E-state index is 5.89. The SMILES string of the molecule is CN=C(NCc1cccnc1N(C)C)NCC(C)Oc1ccc(Cl)cc1. The van der Waals surface area contributed by atoms with Crippen LogP contribution in [0.15, 0.2) is 47.6 Å².